The summed E-state index contributed by atoms with van der Waals surface area (Å²) in [6, 6.07) is 8.96. The van der Waals surface area contributed by atoms with Gasteiger partial charge in [0.05, 0.1) is 0 Å². The van der Waals surface area contributed by atoms with Crippen molar-refractivity contribution in [2.45, 2.75) is 13.0 Å². The lowest BCUT2D eigenvalue weighted by molar-refractivity contribution is 0.194. The Balaban J connectivity index is 1.75. The third kappa shape index (κ3) is 4.78. The van der Waals surface area contributed by atoms with Gasteiger partial charge in [0.2, 0.25) is 0 Å². The molecule has 0 radical (unpaired) electrons. The lowest BCUT2D eigenvalue weighted by Crippen LogP contribution is -2.44. The molecule has 0 unspecified atom stereocenters. The zero-order valence-electron chi connectivity index (χ0n) is 12.8. The van der Waals surface area contributed by atoms with E-state index in [4.69, 9.17) is 4.74 Å². The fourth-order valence-corrected chi connectivity index (χ4v) is 2.46. The number of hydrogen-bond acceptors (Lipinski definition) is 4. The van der Waals surface area contributed by atoms with Crippen LogP contribution >= 0.6 is 0 Å². The molecule has 0 atom stereocenters. The van der Waals surface area contributed by atoms with Crippen molar-refractivity contribution in [2.24, 2.45) is 0 Å². The van der Waals surface area contributed by atoms with Crippen LogP contribution in [0.15, 0.2) is 24.3 Å². The van der Waals surface area contributed by atoms with Crippen LogP contribution in [0.3, 0.4) is 0 Å². The van der Waals surface area contributed by atoms with Crippen molar-refractivity contribution in [3.8, 4) is 0 Å². The molecule has 1 aliphatic rings. The molecule has 0 bridgehead atoms. The van der Waals surface area contributed by atoms with Crippen LogP contribution in [0.5, 0.6) is 0 Å². The van der Waals surface area contributed by atoms with Gasteiger partial charge >= 0.3 is 0 Å². The molecule has 4 heteroatoms. The zero-order chi connectivity index (χ0) is 14.2. The van der Waals surface area contributed by atoms with Crippen LogP contribution in [0.25, 0.3) is 0 Å². The molecule has 0 aromatic heterocycles. The maximum absolute atomic E-state index is 5.04. The second kappa shape index (κ2) is 8.25. The number of benzene rings is 1. The lowest BCUT2D eigenvalue weighted by atomic mass is 10.1. The van der Waals surface area contributed by atoms with Crippen LogP contribution in [0.4, 0.5) is 5.69 Å². The predicted molar refractivity (Wildman–Crippen MR) is 84.4 cm³/mol. The van der Waals surface area contributed by atoms with Crippen molar-refractivity contribution < 1.29 is 4.74 Å². The molecule has 1 saturated heterocycles. The quantitative estimate of drug-likeness (QED) is 0.766. The van der Waals surface area contributed by atoms with E-state index in [0.29, 0.717) is 0 Å². The van der Waals surface area contributed by atoms with Crippen LogP contribution in [-0.2, 0) is 11.3 Å². The highest BCUT2D eigenvalue weighted by Gasteiger charge is 2.13. The minimum Gasteiger partial charge on any atom is -0.385 e. The van der Waals surface area contributed by atoms with Gasteiger partial charge in [0.15, 0.2) is 0 Å². The van der Waals surface area contributed by atoms with Gasteiger partial charge in [0.1, 0.15) is 0 Å². The second-order valence-corrected chi connectivity index (χ2v) is 5.48. The molecule has 1 fully saturated rings. The molecule has 1 aromatic carbocycles. The minimum absolute atomic E-state index is 0.829. The Hall–Kier alpha value is -1.10. The molecule has 1 aliphatic heterocycles. The fourth-order valence-electron chi connectivity index (χ4n) is 2.46. The molecule has 0 amide bonds. The summed E-state index contributed by atoms with van der Waals surface area (Å²) >= 11 is 0. The third-order valence-electron chi connectivity index (χ3n) is 3.84. The number of methoxy groups -OCH3 is 1. The number of likely N-dealkylation sites (N-methyl/N-ethyl adjacent to an activating group) is 1. The van der Waals surface area contributed by atoms with Gasteiger partial charge in [-0.15, -0.1) is 0 Å². The van der Waals surface area contributed by atoms with Gasteiger partial charge in [-0.05, 0) is 37.7 Å². The van der Waals surface area contributed by atoms with E-state index in [1.807, 2.05) is 0 Å². The topological polar surface area (TPSA) is 27.7 Å². The van der Waals surface area contributed by atoms with Crippen molar-refractivity contribution >= 4 is 5.69 Å². The van der Waals surface area contributed by atoms with Gasteiger partial charge < -0.3 is 19.9 Å². The van der Waals surface area contributed by atoms with Crippen molar-refractivity contribution in [1.82, 2.24) is 10.2 Å². The van der Waals surface area contributed by atoms with Crippen molar-refractivity contribution in [3.63, 3.8) is 0 Å². The summed E-state index contributed by atoms with van der Waals surface area (Å²) in [6.45, 7) is 7.35. The molecule has 1 aromatic rings. The Kier molecular flexibility index (Phi) is 6.30. The summed E-state index contributed by atoms with van der Waals surface area (Å²) in [4.78, 5) is 4.85. The highest BCUT2D eigenvalue weighted by Crippen LogP contribution is 2.16. The van der Waals surface area contributed by atoms with E-state index in [2.05, 4.69) is 46.4 Å². The molecular formula is C16H27N3O. The second-order valence-electron chi connectivity index (χ2n) is 5.48. The molecule has 20 heavy (non-hydrogen) atoms. The van der Waals surface area contributed by atoms with Crippen LogP contribution in [0.2, 0.25) is 0 Å². The van der Waals surface area contributed by atoms with E-state index in [1.165, 1.54) is 11.3 Å². The maximum Gasteiger partial charge on any atom is 0.0474 e. The Morgan fingerprint density at radius 3 is 2.45 bits per heavy atom. The first kappa shape index (κ1) is 15.3. The van der Waals surface area contributed by atoms with E-state index in [0.717, 1.165) is 52.3 Å². The Labute approximate surface area is 122 Å². The van der Waals surface area contributed by atoms with E-state index < -0.39 is 0 Å². The summed E-state index contributed by atoms with van der Waals surface area (Å²) in [5.74, 6) is 0. The van der Waals surface area contributed by atoms with Crippen molar-refractivity contribution in [1.29, 1.82) is 0 Å². The standard InChI is InChI=1S/C16H27N3O/c1-18-9-11-19(12-10-18)16-6-4-15(5-7-16)14-17-8-3-13-20-2/h4-7,17H,3,8-14H2,1-2H3. The first-order valence-electron chi connectivity index (χ1n) is 7.51. The molecule has 0 spiro atoms. The van der Waals surface area contributed by atoms with E-state index in [9.17, 15) is 0 Å². The summed E-state index contributed by atoms with van der Waals surface area (Å²) < 4.78 is 5.04. The summed E-state index contributed by atoms with van der Waals surface area (Å²) in [5, 5.41) is 3.44. The first-order chi connectivity index (χ1) is 9.79. The predicted octanol–water partition coefficient (Wildman–Crippen LogP) is 1.56. The largest absolute Gasteiger partial charge is 0.385 e. The van der Waals surface area contributed by atoms with Gasteiger partial charge in [-0.2, -0.15) is 0 Å². The average Bonchev–Trinajstić information content (AvgIpc) is 2.49. The van der Waals surface area contributed by atoms with Gasteiger partial charge in [0.25, 0.3) is 0 Å². The molecule has 2 rings (SSSR count). The monoisotopic (exact) mass is 277 g/mol. The van der Waals surface area contributed by atoms with Gasteiger partial charge in [-0.1, -0.05) is 12.1 Å². The minimum atomic E-state index is 0.829. The van der Waals surface area contributed by atoms with Crippen LogP contribution in [0, 0.1) is 0 Å². The fraction of sp³-hybridized carbons (Fsp3) is 0.625. The number of nitrogens with zero attached hydrogens (tertiary/aromatic N) is 2. The Morgan fingerprint density at radius 2 is 1.80 bits per heavy atom. The highest BCUT2D eigenvalue weighted by molar-refractivity contribution is 5.48. The third-order valence-corrected chi connectivity index (χ3v) is 3.84. The Bertz CT molecular complexity index is 372. The van der Waals surface area contributed by atoms with Crippen LogP contribution < -0.4 is 10.2 Å². The molecule has 0 aliphatic carbocycles. The van der Waals surface area contributed by atoms with Crippen molar-refractivity contribution in [2.75, 3.05) is 58.4 Å². The van der Waals surface area contributed by atoms with Crippen molar-refractivity contribution in [3.05, 3.63) is 29.8 Å². The summed E-state index contributed by atoms with van der Waals surface area (Å²) in [6.07, 6.45) is 1.07. The number of nitrogens with one attached hydrogen (secondary N) is 1. The first-order valence-corrected chi connectivity index (χ1v) is 7.51. The number of rotatable bonds is 7. The number of piperazine rings is 1. The van der Waals surface area contributed by atoms with Crippen LogP contribution in [0.1, 0.15) is 12.0 Å². The van der Waals surface area contributed by atoms with E-state index in [-0.39, 0.29) is 0 Å². The van der Waals surface area contributed by atoms with Gasteiger partial charge in [0, 0.05) is 52.1 Å². The summed E-state index contributed by atoms with van der Waals surface area (Å²) in [7, 11) is 3.94. The van der Waals surface area contributed by atoms with E-state index >= 15 is 0 Å². The van der Waals surface area contributed by atoms with E-state index in [1.54, 1.807) is 7.11 Å². The zero-order valence-corrected chi connectivity index (χ0v) is 12.8. The molecular weight excluding hydrogens is 250 g/mol. The number of ether oxygens (including phenoxy) is 1. The Morgan fingerprint density at radius 1 is 1.10 bits per heavy atom. The summed E-state index contributed by atoms with van der Waals surface area (Å²) in [5.41, 5.74) is 2.70. The molecule has 1 heterocycles. The normalized spacial score (nSPS) is 16.6. The van der Waals surface area contributed by atoms with Crippen LogP contribution in [-0.4, -0.2) is 58.4 Å². The molecule has 1 N–H and O–H groups in total. The van der Waals surface area contributed by atoms with Gasteiger partial charge in [-0.3, -0.25) is 0 Å². The SMILES string of the molecule is COCCCNCc1ccc(N2CCN(C)CC2)cc1. The number of hydrogen-bond donors (Lipinski definition) is 1. The van der Waals surface area contributed by atoms with Gasteiger partial charge in [-0.25, -0.2) is 0 Å². The lowest BCUT2D eigenvalue weighted by Gasteiger charge is -2.34. The molecule has 112 valence electrons. The molecule has 4 nitrogen and oxygen atoms in total. The highest BCUT2D eigenvalue weighted by atomic mass is 16.5. The maximum atomic E-state index is 5.04. The smallest absolute Gasteiger partial charge is 0.0474 e. The molecule has 0 saturated carbocycles. The number of anilines is 1. The average molecular weight is 277 g/mol.